The van der Waals surface area contributed by atoms with Gasteiger partial charge in [-0.15, -0.1) is 4.80 Å². The molecule has 10 heteroatoms. The fourth-order valence-corrected chi connectivity index (χ4v) is 5.20. The Morgan fingerprint density at radius 1 is 1.09 bits per heavy atom. The van der Waals surface area contributed by atoms with E-state index < -0.39 is 0 Å². The Kier molecular flexibility index (Phi) is 4.75. The number of aryl methyl sites for hydroxylation is 1. The fraction of sp³-hybridized carbons (Fsp3) is 0.333. The van der Waals surface area contributed by atoms with Crippen LogP contribution in [0.1, 0.15) is 35.9 Å². The summed E-state index contributed by atoms with van der Waals surface area (Å²) in [4.78, 5) is 30.4. The van der Waals surface area contributed by atoms with Crippen LogP contribution < -0.4 is 4.74 Å². The highest BCUT2D eigenvalue weighted by atomic mass is 19.1. The molecule has 172 valence electrons. The third-order valence-electron chi connectivity index (χ3n) is 6.83. The summed E-state index contributed by atoms with van der Waals surface area (Å²) in [6.45, 7) is 3.93. The number of aromatic nitrogens is 6. The average molecular weight is 459 g/mol. The summed E-state index contributed by atoms with van der Waals surface area (Å²) in [6.07, 6.45) is 6.11. The molecule has 4 aromatic rings. The van der Waals surface area contributed by atoms with Gasteiger partial charge in [0.1, 0.15) is 17.6 Å². The van der Waals surface area contributed by atoms with E-state index in [-0.39, 0.29) is 29.9 Å². The maximum Gasteiger partial charge on any atom is 0.275 e. The minimum Gasteiger partial charge on any atom is -0.471 e. The van der Waals surface area contributed by atoms with Gasteiger partial charge in [0.05, 0.1) is 35.7 Å². The highest BCUT2D eigenvalue weighted by Gasteiger charge is 2.53. The van der Waals surface area contributed by atoms with Gasteiger partial charge in [0.2, 0.25) is 5.88 Å². The van der Waals surface area contributed by atoms with E-state index in [1.807, 2.05) is 24.0 Å². The predicted molar refractivity (Wildman–Crippen MR) is 120 cm³/mol. The topological polar surface area (TPSA) is 98.9 Å². The van der Waals surface area contributed by atoms with Crippen LogP contribution in [0.4, 0.5) is 4.39 Å². The van der Waals surface area contributed by atoms with Gasteiger partial charge in [-0.25, -0.2) is 19.3 Å². The maximum absolute atomic E-state index is 13.8. The fourth-order valence-electron chi connectivity index (χ4n) is 5.20. The molecular weight excluding hydrogens is 437 g/mol. The minimum absolute atomic E-state index is 0.0590. The first-order chi connectivity index (χ1) is 16.5. The third kappa shape index (κ3) is 3.37. The molecule has 6 rings (SSSR count). The SMILES string of the molecule is Cc1ccc(-n2nccn2)c(C(=O)N2C3C[C@H](CC3Oc3cnc4cc(F)ccc4n3)C2C)n1. The number of carbonyl (C=O) groups excluding carboxylic acids is 1. The first-order valence-electron chi connectivity index (χ1n) is 11.2. The van der Waals surface area contributed by atoms with Crippen molar-refractivity contribution in [1.82, 2.24) is 34.8 Å². The molecular formula is C24H22FN7O2. The molecule has 1 saturated carbocycles. The van der Waals surface area contributed by atoms with E-state index in [4.69, 9.17) is 4.74 Å². The zero-order valence-corrected chi connectivity index (χ0v) is 18.7. The minimum atomic E-state index is -0.360. The van der Waals surface area contributed by atoms with Gasteiger partial charge in [0.15, 0.2) is 5.69 Å². The Bertz CT molecular complexity index is 1390. The number of nitrogens with zero attached hydrogens (tertiary/aromatic N) is 7. The molecule has 2 fully saturated rings. The number of halogens is 1. The molecule has 1 amide bonds. The molecule has 3 aromatic heterocycles. The standard InChI is InChI=1S/C24H22FN7O2/c1-13-3-6-19(32-27-7-8-28-32)23(29-13)24(33)31-14(2)15-9-20(31)21(10-15)34-22-12-26-18-11-16(25)4-5-17(18)30-22/h3-8,11-12,14-15,20-21H,9-10H2,1-2H3/t14?,15-,20?,21?/m1/s1. The van der Waals surface area contributed by atoms with E-state index in [2.05, 4.69) is 32.1 Å². The lowest BCUT2D eigenvalue weighted by molar-refractivity contribution is 0.0309. The van der Waals surface area contributed by atoms with Crippen LogP contribution in [-0.2, 0) is 0 Å². The van der Waals surface area contributed by atoms with Crippen LogP contribution in [0.3, 0.4) is 0 Å². The van der Waals surface area contributed by atoms with Crippen molar-refractivity contribution in [1.29, 1.82) is 0 Å². The van der Waals surface area contributed by atoms with Crippen molar-refractivity contribution in [2.75, 3.05) is 0 Å². The van der Waals surface area contributed by atoms with Gasteiger partial charge in [0.25, 0.3) is 5.91 Å². The van der Waals surface area contributed by atoms with Crippen LogP contribution in [0.2, 0.25) is 0 Å². The summed E-state index contributed by atoms with van der Waals surface area (Å²) >= 11 is 0. The number of ether oxygens (including phenoxy) is 1. The largest absolute Gasteiger partial charge is 0.471 e. The van der Waals surface area contributed by atoms with E-state index >= 15 is 0 Å². The number of benzene rings is 1. The summed E-state index contributed by atoms with van der Waals surface area (Å²) in [6, 6.07) is 7.87. The van der Waals surface area contributed by atoms with Crippen molar-refractivity contribution in [2.45, 2.75) is 44.9 Å². The van der Waals surface area contributed by atoms with Crippen LogP contribution >= 0.6 is 0 Å². The molecule has 1 aromatic carbocycles. The van der Waals surface area contributed by atoms with E-state index in [9.17, 15) is 9.18 Å². The molecule has 0 spiro atoms. The van der Waals surface area contributed by atoms with Gasteiger partial charge < -0.3 is 9.64 Å². The summed E-state index contributed by atoms with van der Waals surface area (Å²) in [5, 5.41) is 8.37. The van der Waals surface area contributed by atoms with Crippen LogP contribution in [-0.4, -0.2) is 58.9 Å². The predicted octanol–water partition coefficient (Wildman–Crippen LogP) is 3.12. The summed E-state index contributed by atoms with van der Waals surface area (Å²) in [5.41, 5.74) is 2.63. The lowest BCUT2D eigenvalue weighted by Gasteiger charge is -2.37. The van der Waals surface area contributed by atoms with Crippen LogP contribution in [0.5, 0.6) is 5.88 Å². The Morgan fingerprint density at radius 3 is 2.71 bits per heavy atom. The number of hydrogen-bond acceptors (Lipinski definition) is 7. The normalized spacial score (nSPS) is 23.6. The number of amides is 1. The molecule has 2 aliphatic rings. The number of likely N-dealkylation sites (tertiary alicyclic amines) is 1. The summed E-state index contributed by atoms with van der Waals surface area (Å²) < 4.78 is 19.7. The van der Waals surface area contributed by atoms with Gasteiger partial charge in [-0.05, 0) is 56.9 Å². The second-order valence-electron chi connectivity index (χ2n) is 8.89. The first-order valence-corrected chi connectivity index (χ1v) is 11.2. The number of fused-ring (bicyclic) bond motifs is 3. The lowest BCUT2D eigenvalue weighted by atomic mass is 9.98. The Balaban J connectivity index is 1.29. The number of carbonyl (C=O) groups is 1. The molecule has 4 atom stereocenters. The summed E-state index contributed by atoms with van der Waals surface area (Å²) in [5.74, 6) is 0.162. The second-order valence-corrected chi connectivity index (χ2v) is 8.89. The van der Waals surface area contributed by atoms with Crippen molar-refractivity contribution < 1.29 is 13.9 Å². The monoisotopic (exact) mass is 459 g/mol. The average Bonchev–Trinajstić information content (AvgIpc) is 3.56. The van der Waals surface area contributed by atoms with E-state index in [1.54, 1.807) is 18.5 Å². The van der Waals surface area contributed by atoms with Crippen LogP contribution in [0, 0.1) is 18.7 Å². The molecule has 2 bridgehead atoms. The highest BCUT2D eigenvalue weighted by molar-refractivity contribution is 5.96. The van der Waals surface area contributed by atoms with Crippen molar-refractivity contribution in [3.63, 3.8) is 0 Å². The number of piperidine rings is 1. The van der Waals surface area contributed by atoms with E-state index in [0.29, 0.717) is 34.2 Å². The number of hydrogen-bond donors (Lipinski definition) is 0. The van der Waals surface area contributed by atoms with Gasteiger partial charge in [0, 0.05) is 17.8 Å². The van der Waals surface area contributed by atoms with Crippen molar-refractivity contribution in [3.05, 3.63) is 66.1 Å². The molecule has 34 heavy (non-hydrogen) atoms. The molecule has 4 heterocycles. The second kappa shape index (κ2) is 7.82. The molecule has 3 unspecified atom stereocenters. The lowest BCUT2D eigenvalue weighted by Crippen LogP contribution is -2.51. The van der Waals surface area contributed by atoms with E-state index in [1.165, 1.54) is 23.1 Å². The number of rotatable bonds is 4. The van der Waals surface area contributed by atoms with Crippen molar-refractivity contribution in [3.8, 4) is 11.6 Å². The molecule has 0 N–H and O–H groups in total. The van der Waals surface area contributed by atoms with Gasteiger partial charge in [-0.3, -0.25) is 4.79 Å². The molecule has 0 radical (unpaired) electrons. The molecule has 1 saturated heterocycles. The number of pyridine rings is 1. The third-order valence-corrected chi connectivity index (χ3v) is 6.83. The van der Waals surface area contributed by atoms with Crippen molar-refractivity contribution >= 4 is 16.9 Å². The molecule has 9 nitrogen and oxygen atoms in total. The Labute approximate surface area is 194 Å². The van der Waals surface area contributed by atoms with Gasteiger partial charge >= 0.3 is 0 Å². The molecule has 1 aliphatic carbocycles. The van der Waals surface area contributed by atoms with Crippen LogP contribution in [0.25, 0.3) is 16.7 Å². The highest BCUT2D eigenvalue weighted by Crippen LogP contribution is 2.44. The maximum atomic E-state index is 13.8. The van der Waals surface area contributed by atoms with E-state index in [0.717, 1.165) is 18.5 Å². The quantitative estimate of drug-likeness (QED) is 0.462. The molecule has 1 aliphatic heterocycles. The van der Waals surface area contributed by atoms with Crippen molar-refractivity contribution in [2.24, 2.45) is 5.92 Å². The zero-order chi connectivity index (χ0) is 23.4. The smallest absolute Gasteiger partial charge is 0.275 e. The van der Waals surface area contributed by atoms with Gasteiger partial charge in [-0.2, -0.15) is 10.2 Å². The zero-order valence-electron chi connectivity index (χ0n) is 18.7. The summed E-state index contributed by atoms with van der Waals surface area (Å²) in [7, 11) is 0. The Morgan fingerprint density at radius 2 is 1.91 bits per heavy atom. The van der Waals surface area contributed by atoms with Crippen LogP contribution in [0.15, 0.2) is 48.9 Å². The van der Waals surface area contributed by atoms with Gasteiger partial charge in [-0.1, -0.05) is 0 Å². The first kappa shape index (κ1) is 20.6. The Hall–Kier alpha value is -3.95.